The van der Waals surface area contributed by atoms with Gasteiger partial charge in [-0.3, -0.25) is 33.7 Å². The largest absolute Gasteiger partial charge is 0.480 e. The first-order valence-electron chi connectivity index (χ1n) is 9.53. The van der Waals surface area contributed by atoms with Crippen LogP contribution in [-0.4, -0.2) is 56.6 Å². The van der Waals surface area contributed by atoms with Gasteiger partial charge in [-0.1, -0.05) is 12.1 Å². The number of carboxylic acid groups (broad SMARTS) is 1. The molecule has 29 heavy (non-hydrogen) atoms. The fraction of sp³-hybridized carbons (Fsp3) is 0.400. The first-order chi connectivity index (χ1) is 13.8. The number of hydrogen-bond donors (Lipinski definition) is 2. The van der Waals surface area contributed by atoms with Crippen LogP contribution in [0.3, 0.4) is 0 Å². The quantitative estimate of drug-likeness (QED) is 0.725. The third kappa shape index (κ3) is 3.49. The molecule has 9 heteroatoms. The van der Waals surface area contributed by atoms with Crippen LogP contribution in [0, 0.1) is 0 Å². The fourth-order valence-corrected chi connectivity index (χ4v) is 4.10. The van der Waals surface area contributed by atoms with E-state index in [9.17, 15) is 19.2 Å². The third-order valence-corrected chi connectivity index (χ3v) is 5.63. The van der Waals surface area contributed by atoms with Crippen LogP contribution in [0.2, 0.25) is 0 Å². The van der Waals surface area contributed by atoms with E-state index < -0.39 is 17.9 Å². The van der Waals surface area contributed by atoms with Gasteiger partial charge in [0.1, 0.15) is 6.04 Å². The van der Waals surface area contributed by atoms with Crippen molar-refractivity contribution in [1.82, 2.24) is 19.4 Å². The Morgan fingerprint density at radius 1 is 1.21 bits per heavy atom. The lowest BCUT2D eigenvalue weighted by Gasteiger charge is -2.25. The van der Waals surface area contributed by atoms with Crippen molar-refractivity contribution in [2.75, 3.05) is 19.6 Å². The molecule has 0 bridgehead atoms. The van der Waals surface area contributed by atoms with Crippen LogP contribution >= 0.6 is 0 Å². The van der Waals surface area contributed by atoms with Crippen LogP contribution in [-0.2, 0) is 21.4 Å². The molecule has 2 amide bonds. The van der Waals surface area contributed by atoms with Crippen molar-refractivity contribution in [3.63, 3.8) is 0 Å². The molecule has 1 aromatic heterocycles. The summed E-state index contributed by atoms with van der Waals surface area (Å²) < 4.78 is 2.98. The number of hydrogen-bond acceptors (Lipinski definition) is 5. The van der Waals surface area contributed by atoms with E-state index >= 15 is 0 Å². The number of nitrogens with zero attached hydrogens (tertiary/aromatic N) is 3. The maximum absolute atomic E-state index is 12.8. The van der Waals surface area contributed by atoms with E-state index in [1.54, 1.807) is 7.05 Å². The summed E-state index contributed by atoms with van der Waals surface area (Å²) in [6, 6.07) is 4.98. The molecule has 0 spiro atoms. The number of aryl methyl sites for hydroxylation is 1. The molecule has 2 aliphatic heterocycles. The van der Waals surface area contributed by atoms with E-state index in [4.69, 9.17) is 5.11 Å². The Labute approximate surface area is 166 Å². The zero-order chi connectivity index (χ0) is 20.7. The number of amides is 2. The Bertz CT molecular complexity index is 1110. The van der Waals surface area contributed by atoms with Crippen LogP contribution < -0.4 is 11.0 Å². The lowest BCUT2D eigenvalue weighted by Crippen LogP contribution is -2.44. The van der Waals surface area contributed by atoms with E-state index in [-0.39, 0.29) is 24.6 Å². The number of imidazole rings is 1. The molecule has 1 fully saturated rings. The number of carbonyl (C=O) groups is 3. The molecule has 1 atom stereocenters. The van der Waals surface area contributed by atoms with E-state index in [0.29, 0.717) is 30.5 Å². The van der Waals surface area contributed by atoms with Crippen molar-refractivity contribution in [1.29, 1.82) is 0 Å². The average Bonchev–Trinajstić information content (AvgIpc) is 2.93. The number of carboxylic acids is 1. The molecule has 3 heterocycles. The van der Waals surface area contributed by atoms with Gasteiger partial charge in [0.25, 0.3) is 0 Å². The summed E-state index contributed by atoms with van der Waals surface area (Å²) in [5, 5.41) is 11.2. The van der Waals surface area contributed by atoms with Crippen molar-refractivity contribution in [3.8, 4) is 0 Å². The molecule has 1 saturated heterocycles. The third-order valence-electron chi connectivity index (χ3n) is 5.63. The molecule has 2 aromatic rings. The van der Waals surface area contributed by atoms with E-state index in [0.717, 1.165) is 17.6 Å². The summed E-state index contributed by atoms with van der Waals surface area (Å²) in [6.45, 7) is 1.24. The number of imide groups is 1. The summed E-state index contributed by atoms with van der Waals surface area (Å²) in [6.07, 6.45) is 3.25. The van der Waals surface area contributed by atoms with Crippen LogP contribution in [0.25, 0.3) is 16.6 Å². The molecule has 4 rings (SSSR count). The van der Waals surface area contributed by atoms with Gasteiger partial charge in [0.15, 0.2) is 0 Å². The number of carbonyl (C=O) groups excluding carboxylic acids is 2. The molecule has 0 aliphatic carbocycles. The van der Waals surface area contributed by atoms with Gasteiger partial charge in [-0.2, -0.15) is 0 Å². The van der Waals surface area contributed by atoms with Crippen LogP contribution in [0.1, 0.15) is 30.9 Å². The lowest BCUT2D eigenvalue weighted by atomic mass is 9.98. The van der Waals surface area contributed by atoms with Crippen molar-refractivity contribution in [3.05, 3.63) is 40.3 Å². The highest BCUT2D eigenvalue weighted by atomic mass is 16.4. The first-order valence-corrected chi connectivity index (χ1v) is 9.53. The molecule has 2 aliphatic rings. The Kier molecular flexibility index (Phi) is 4.83. The summed E-state index contributed by atoms with van der Waals surface area (Å²) in [5.74, 6) is -1.61. The standard InChI is InChI=1S/C20H22N4O5/c1-22-16-10-13(12-6-8-23(9-7-12)11-18(26)27)2-3-14(16)24(20(22)29)15-4-5-17(25)21-19(15)28/h2-3,6,10,15H,4-5,7-9,11H2,1H3,(H,26,27)(H,21,25,28). The summed E-state index contributed by atoms with van der Waals surface area (Å²) in [5.41, 5.74) is 3.15. The second kappa shape index (κ2) is 7.32. The number of benzene rings is 1. The van der Waals surface area contributed by atoms with Crippen molar-refractivity contribution >= 4 is 34.4 Å². The van der Waals surface area contributed by atoms with Crippen LogP contribution in [0.4, 0.5) is 0 Å². The van der Waals surface area contributed by atoms with E-state index in [1.807, 2.05) is 29.2 Å². The van der Waals surface area contributed by atoms with Gasteiger partial charge in [-0.05, 0) is 36.1 Å². The number of aliphatic carboxylic acids is 1. The van der Waals surface area contributed by atoms with Crippen LogP contribution in [0.15, 0.2) is 29.1 Å². The van der Waals surface area contributed by atoms with Gasteiger partial charge in [-0.15, -0.1) is 0 Å². The summed E-state index contributed by atoms with van der Waals surface area (Å²) in [7, 11) is 1.67. The van der Waals surface area contributed by atoms with E-state index in [1.165, 1.54) is 9.13 Å². The predicted octanol–water partition coefficient (Wildman–Crippen LogP) is 0.491. The second-order valence-electron chi connectivity index (χ2n) is 7.49. The molecule has 152 valence electrons. The number of rotatable bonds is 4. The van der Waals surface area contributed by atoms with Crippen molar-refractivity contribution < 1.29 is 19.5 Å². The molecule has 1 unspecified atom stereocenters. The average molecular weight is 398 g/mol. The number of fused-ring (bicyclic) bond motifs is 1. The lowest BCUT2D eigenvalue weighted by molar-refractivity contribution is -0.138. The van der Waals surface area contributed by atoms with E-state index in [2.05, 4.69) is 5.32 Å². The SMILES string of the molecule is Cn1c(=O)n(C2CCC(=O)NC2=O)c2ccc(C3=CCN(CC(=O)O)CC3)cc21. The summed E-state index contributed by atoms with van der Waals surface area (Å²) in [4.78, 5) is 49.3. The molecular weight excluding hydrogens is 376 g/mol. The minimum absolute atomic E-state index is 0.0200. The van der Waals surface area contributed by atoms with Crippen molar-refractivity contribution in [2.24, 2.45) is 7.05 Å². The predicted molar refractivity (Wildman–Crippen MR) is 105 cm³/mol. The molecule has 9 nitrogen and oxygen atoms in total. The van der Waals surface area contributed by atoms with Crippen LogP contribution in [0.5, 0.6) is 0 Å². The highest BCUT2D eigenvalue weighted by Gasteiger charge is 2.31. The number of piperidine rings is 1. The van der Waals surface area contributed by atoms with Gasteiger partial charge < -0.3 is 5.11 Å². The van der Waals surface area contributed by atoms with Gasteiger partial charge in [-0.25, -0.2) is 4.79 Å². The zero-order valence-corrected chi connectivity index (χ0v) is 16.1. The zero-order valence-electron chi connectivity index (χ0n) is 16.1. The van der Waals surface area contributed by atoms with Gasteiger partial charge >= 0.3 is 11.7 Å². The number of nitrogens with one attached hydrogen (secondary N) is 1. The highest BCUT2D eigenvalue weighted by Crippen LogP contribution is 2.28. The second-order valence-corrected chi connectivity index (χ2v) is 7.49. The van der Waals surface area contributed by atoms with Gasteiger partial charge in [0.2, 0.25) is 11.8 Å². The topological polar surface area (TPSA) is 114 Å². The smallest absolute Gasteiger partial charge is 0.329 e. The molecule has 0 saturated carbocycles. The van der Waals surface area contributed by atoms with Gasteiger partial charge in [0, 0.05) is 26.6 Å². The fourth-order valence-electron chi connectivity index (χ4n) is 4.10. The molecular formula is C20H22N4O5. The number of aromatic nitrogens is 2. The molecule has 0 radical (unpaired) electrons. The Morgan fingerprint density at radius 2 is 2.00 bits per heavy atom. The molecule has 2 N–H and O–H groups in total. The summed E-state index contributed by atoms with van der Waals surface area (Å²) >= 11 is 0. The van der Waals surface area contributed by atoms with Gasteiger partial charge in [0.05, 0.1) is 17.6 Å². The monoisotopic (exact) mass is 398 g/mol. The highest BCUT2D eigenvalue weighted by molar-refractivity contribution is 6.00. The van der Waals surface area contributed by atoms with Crippen molar-refractivity contribution in [2.45, 2.75) is 25.3 Å². The normalized spacial score (nSPS) is 20.6. The maximum atomic E-state index is 12.8. The Balaban J connectivity index is 1.68. The molecule has 1 aromatic carbocycles. The maximum Gasteiger partial charge on any atom is 0.329 e. The Morgan fingerprint density at radius 3 is 2.66 bits per heavy atom. The minimum atomic E-state index is -0.840. The first kappa shape index (κ1) is 19.1. The Hall–Kier alpha value is -3.20. The minimum Gasteiger partial charge on any atom is -0.480 e.